The summed E-state index contributed by atoms with van der Waals surface area (Å²) in [5.74, 6) is 0. The van der Waals surface area contributed by atoms with Gasteiger partial charge in [-0.1, -0.05) is 133 Å². The predicted molar refractivity (Wildman–Crippen MR) is 219 cm³/mol. The lowest BCUT2D eigenvalue weighted by molar-refractivity contribution is 1.18. The van der Waals surface area contributed by atoms with Gasteiger partial charge in [-0.25, -0.2) is 0 Å². The molecule has 10 aromatic rings. The summed E-state index contributed by atoms with van der Waals surface area (Å²) in [6, 6.07) is 70.3. The molecule has 0 unspecified atom stereocenters. The second kappa shape index (κ2) is 12.2. The van der Waals surface area contributed by atoms with Gasteiger partial charge >= 0.3 is 0 Å². The van der Waals surface area contributed by atoms with Crippen molar-refractivity contribution in [1.82, 2.24) is 4.57 Å². The minimum atomic E-state index is 1.12. The summed E-state index contributed by atoms with van der Waals surface area (Å²) in [5, 5.41) is 5.17. The number of nitrogens with zero attached hydrogens (tertiary/aromatic N) is 2. The fourth-order valence-corrected chi connectivity index (χ4v) is 8.76. The summed E-state index contributed by atoms with van der Waals surface area (Å²) in [6.45, 7) is 0. The van der Waals surface area contributed by atoms with Crippen LogP contribution in [0.25, 0.3) is 69.9 Å². The average molecular weight is 669 g/mol. The summed E-state index contributed by atoms with van der Waals surface area (Å²) in [5.41, 5.74) is 11.8. The molecule has 0 aliphatic carbocycles. The van der Waals surface area contributed by atoms with Gasteiger partial charge in [0.25, 0.3) is 0 Å². The van der Waals surface area contributed by atoms with E-state index in [1.807, 2.05) is 11.3 Å². The van der Waals surface area contributed by atoms with E-state index in [0.717, 1.165) is 22.7 Å². The lowest BCUT2D eigenvalue weighted by Gasteiger charge is -2.28. The minimum absolute atomic E-state index is 1.12. The minimum Gasteiger partial charge on any atom is -0.310 e. The molecule has 51 heavy (non-hydrogen) atoms. The Morgan fingerprint density at radius 1 is 0.373 bits per heavy atom. The van der Waals surface area contributed by atoms with E-state index in [2.05, 4.69) is 204 Å². The third-order valence-corrected chi connectivity index (χ3v) is 11.1. The molecule has 240 valence electrons. The number of fused-ring (bicyclic) bond motifs is 6. The van der Waals surface area contributed by atoms with Crippen molar-refractivity contribution < 1.29 is 0 Å². The molecule has 8 aromatic carbocycles. The van der Waals surface area contributed by atoms with Gasteiger partial charge in [-0.15, -0.1) is 11.3 Å². The summed E-state index contributed by atoms with van der Waals surface area (Å²) in [6.07, 6.45) is 0. The smallest absolute Gasteiger partial charge is 0.0541 e. The maximum absolute atomic E-state index is 2.40. The van der Waals surface area contributed by atoms with E-state index in [4.69, 9.17) is 0 Å². The number of hydrogen-bond donors (Lipinski definition) is 0. The van der Waals surface area contributed by atoms with Crippen LogP contribution in [0.2, 0.25) is 0 Å². The zero-order chi connectivity index (χ0) is 33.7. The number of para-hydroxylation sites is 3. The number of hydrogen-bond acceptors (Lipinski definition) is 2. The van der Waals surface area contributed by atoms with Crippen LogP contribution in [0.5, 0.6) is 0 Å². The summed E-state index contributed by atoms with van der Waals surface area (Å²) in [4.78, 5) is 2.40. The van der Waals surface area contributed by atoms with Crippen molar-refractivity contribution in [1.29, 1.82) is 0 Å². The molecule has 2 aromatic heterocycles. The van der Waals surface area contributed by atoms with Crippen LogP contribution in [0, 0.1) is 0 Å². The summed E-state index contributed by atoms with van der Waals surface area (Å²) >= 11 is 1.86. The fourth-order valence-electron chi connectivity index (χ4n) is 7.62. The van der Waals surface area contributed by atoms with Gasteiger partial charge in [0.05, 0.1) is 16.7 Å². The first-order chi connectivity index (χ1) is 25.3. The molecule has 0 atom stereocenters. The highest BCUT2D eigenvalue weighted by molar-refractivity contribution is 7.25. The molecule has 3 heteroatoms. The van der Waals surface area contributed by atoms with Gasteiger partial charge in [0.1, 0.15) is 0 Å². The lowest BCUT2D eigenvalue weighted by Crippen LogP contribution is -2.11. The van der Waals surface area contributed by atoms with Crippen LogP contribution in [0.4, 0.5) is 17.1 Å². The maximum atomic E-state index is 2.40. The molecular weight excluding hydrogens is 637 g/mol. The molecule has 0 saturated carbocycles. The number of aromatic nitrogens is 1. The highest BCUT2D eigenvalue weighted by Crippen LogP contribution is 2.44. The zero-order valence-electron chi connectivity index (χ0n) is 27.8. The number of thiophene rings is 1. The van der Waals surface area contributed by atoms with E-state index in [1.165, 1.54) is 64.2 Å². The van der Waals surface area contributed by atoms with Gasteiger partial charge in [-0.2, -0.15) is 0 Å². The monoisotopic (exact) mass is 668 g/mol. The predicted octanol–water partition coefficient (Wildman–Crippen LogP) is 14.0. The first-order valence-corrected chi connectivity index (χ1v) is 18.2. The third kappa shape index (κ3) is 5.01. The summed E-state index contributed by atoms with van der Waals surface area (Å²) in [7, 11) is 0. The van der Waals surface area contributed by atoms with Crippen LogP contribution in [0.15, 0.2) is 194 Å². The van der Waals surface area contributed by atoms with Gasteiger partial charge in [-0.3, -0.25) is 0 Å². The van der Waals surface area contributed by atoms with Crippen LogP contribution in [0.3, 0.4) is 0 Å². The Bertz CT molecular complexity index is 2790. The Morgan fingerprint density at radius 3 is 1.65 bits per heavy atom. The number of anilines is 3. The van der Waals surface area contributed by atoms with E-state index in [9.17, 15) is 0 Å². The molecule has 0 N–H and O–H groups in total. The third-order valence-electron chi connectivity index (χ3n) is 10.0. The quantitative estimate of drug-likeness (QED) is 0.171. The molecule has 0 spiro atoms. The average Bonchev–Trinajstić information content (AvgIpc) is 3.74. The zero-order valence-corrected chi connectivity index (χ0v) is 28.6. The second-order valence-corrected chi connectivity index (χ2v) is 14.0. The first kappa shape index (κ1) is 29.5. The van der Waals surface area contributed by atoms with Gasteiger partial charge in [0, 0.05) is 53.6 Å². The first-order valence-electron chi connectivity index (χ1n) is 17.4. The van der Waals surface area contributed by atoms with E-state index in [-0.39, 0.29) is 0 Å². The van der Waals surface area contributed by atoms with E-state index >= 15 is 0 Å². The number of benzene rings is 8. The lowest BCUT2D eigenvalue weighted by atomic mass is 10.0. The SMILES string of the molecule is c1ccc(-c2ccccc2N(c2ccc(-c3ccc(-n4c5ccccc5c5ccccc54)cc3)cc2)c2ccc3c(c2)sc2ccccc23)cc1. The molecule has 10 rings (SSSR count). The molecule has 0 saturated heterocycles. The molecule has 0 aliphatic rings. The molecule has 2 nitrogen and oxygen atoms in total. The Hall–Kier alpha value is -6.42. The Balaban J connectivity index is 1.06. The molecule has 0 amide bonds. The fraction of sp³-hybridized carbons (Fsp3) is 0. The van der Waals surface area contributed by atoms with Gasteiger partial charge < -0.3 is 9.47 Å². The second-order valence-electron chi connectivity index (χ2n) is 13.0. The van der Waals surface area contributed by atoms with Gasteiger partial charge in [0.2, 0.25) is 0 Å². The van der Waals surface area contributed by atoms with E-state index < -0.39 is 0 Å². The molecule has 0 radical (unpaired) electrons. The standard InChI is InChI=1S/C48H32N2S/c1-2-12-35(13-3-1)39-14-4-8-18-44(39)49(38-30-31-43-42-17-7-11-21-47(42)51-48(43)32-38)36-26-22-33(23-27-36)34-24-28-37(29-25-34)50-45-19-9-5-15-40(45)41-16-6-10-20-46(41)50/h1-32H. The van der Waals surface area contributed by atoms with Crippen LogP contribution >= 0.6 is 11.3 Å². The van der Waals surface area contributed by atoms with Crippen molar-refractivity contribution in [3.8, 4) is 27.9 Å². The van der Waals surface area contributed by atoms with E-state index in [0.29, 0.717) is 0 Å². The summed E-state index contributed by atoms with van der Waals surface area (Å²) < 4.78 is 4.97. The Kier molecular flexibility index (Phi) is 7.04. The molecular formula is C48H32N2S. The molecule has 0 aliphatic heterocycles. The van der Waals surface area contributed by atoms with Crippen molar-refractivity contribution in [2.45, 2.75) is 0 Å². The topological polar surface area (TPSA) is 8.17 Å². The van der Waals surface area contributed by atoms with Crippen LogP contribution < -0.4 is 4.90 Å². The van der Waals surface area contributed by atoms with Crippen molar-refractivity contribution in [2.75, 3.05) is 4.90 Å². The van der Waals surface area contributed by atoms with Crippen molar-refractivity contribution >= 4 is 70.4 Å². The highest BCUT2D eigenvalue weighted by Gasteiger charge is 2.19. The highest BCUT2D eigenvalue weighted by atomic mass is 32.1. The van der Waals surface area contributed by atoms with Crippen molar-refractivity contribution in [3.05, 3.63) is 194 Å². The molecule has 2 heterocycles. The van der Waals surface area contributed by atoms with Gasteiger partial charge in [0.15, 0.2) is 0 Å². The number of rotatable bonds is 6. The van der Waals surface area contributed by atoms with Crippen LogP contribution in [0.1, 0.15) is 0 Å². The van der Waals surface area contributed by atoms with Crippen molar-refractivity contribution in [3.63, 3.8) is 0 Å². The largest absolute Gasteiger partial charge is 0.310 e. The van der Waals surface area contributed by atoms with E-state index in [1.54, 1.807) is 0 Å². The molecule has 0 fully saturated rings. The Labute approximate surface area is 300 Å². The maximum Gasteiger partial charge on any atom is 0.0541 e. The van der Waals surface area contributed by atoms with Crippen LogP contribution in [-0.4, -0.2) is 4.57 Å². The Morgan fingerprint density at radius 2 is 0.922 bits per heavy atom. The van der Waals surface area contributed by atoms with Crippen LogP contribution in [-0.2, 0) is 0 Å². The van der Waals surface area contributed by atoms with Crippen molar-refractivity contribution in [2.24, 2.45) is 0 Å². The van der Waals surface area contributed by atoms with Gasteiger partial charge in [-0.05, 0) is 77.4 Å². The normalized spacial score (nSPS) is 11.5. The molecule has 0 bridgehead atoms.